The smallest absolute Gasteiger partial charge is 0.260 e. The first-order chi connectivity index (χ1) is 9.35. The van der Waals surface area contributed by atoms with Crippen LogP contribution in [0.25, 0.3) is 0 Å². The maximum atomic E-state index is 13.7. The molecule has 0 aromatic heterocycles. The average molecular weight is 283 g/mol. The molecule has 1 aromatic rings. The van der Waals surface area contributed by atoms with Gasteiger partial charge in [-0.15, -0.1) is 0 Å². The SMILES string of the molecule is CCC(C)NC(=O)C(C)Oc1ccc(C(C)O)c(F)c1. The molecular weight excluding hydrogens is 261 g/mol. The van der Waals surface area contributed by atoms with Gasteiger partial charge < -0.3 is 15.2 Å². The normalized spacial score (nSPS) is 15.3. The third-order valence-corrected chi connectivity index (χ3v) is 3.11. The second-order valence-electron chi connectivity index (χ2n) is 4.94. The lowest BCUT2D eigenvalue weighted by Gasteiger charge is -2.18. The Bertz CT molecular complexity index is 462. The standard InChI is InChI=1S/C15H22FNO3/c1-5-9(2)17-15(19)11(4)20-12-6-7-13(10(3)18)14(16)8-12/h6-11,18H,5H2,1-4H3,(H,17,19). The van der Waals surface area contributed by atoms with Gasteiger partial charge in [0, 0.05) is 17.7 Å². The van der Waals surface area contributed by atoms with Crippen molar-refractivity contribution in [3.63, 3.8) is 0 Å². The Morgan fingerprint density at radius 3 is 2.55 bits per heavy atom. The molecule has 3 unspecified atom stereocenters. The summed E-state index contributed by atoms with van der Waals surface area (Å²) in [6.07, 6.45) is -0.758. The number of rotatable bonds is 6. The Hall–Kier alpha value is -1.62. The summed E-state index contributed by atoms with van der Waals surface area (Å²) in [4.78, 5) is 11.8. The maximum Gasteiger partial charge on any atom is 0.260 e. The fourth-order valence-electron chi connectivity index (χ4n) is 1.64. The summed E-state index contributed by atoms with van der Waals surface area (Å²) < 4.78 is 19.1. The van der Waals surface area contributed by atoms with Crippen molar-refractivity contribution in [3.05, 3.63) is 29.6 Å². The largest absolute Gasteiger partial charge is 0.481 e. The monoisotopic (exact) mass is 283 g/mol. The fraction of sp³-hybridized carbons (Fsp3) is 0.533. The van der Waals surface area contributed by atoms with E-state index in [2.05, 4.69) is 5.32 Å². The quantitative estimate of drug-likeness (QED) is 0.843. The van der Waals surface area contributed by atoms with E-state index in [1.165, 1.54) is 25.1 Å². The Kier molecular flexibility index (Phi) is 5.95. The van der Waals surface area contributed by atoms with Gasteiger partial charge in [0.1, 0.15) is 11.6 Å². The van der Waals surface area contributed by atoms with Crippen molar-refractivity contribution in [2.45, 2.75) is 52.4 Å². The number of amides is 1. The van der Waals surface area contributed by atoms with Crippen molar-refractivity contribution in [1.29, 1.82) is 0 Å². The fourth-order valence-corrected chi connectivity index (χ4v) is 1.64. The number of benzene rings is 1. The van der Waals surface area contributed by atoms with Crippen molar-refractivity contribution >= 4 is 5.91 Å². The summed E-state index contributed by atoms with van der Waals surface area (Å²) in [5, 5.41) is 12.1. The summed E-state index contributed by atoms with van der Waals surface area (Å²) in [6.45, 7) is 6.97. The molecule has 3 atom stereocenters. The summed E-state index contributed by atoms with van der Waals surface area (Å²) in [5.74, 6) is -0.523. The zero-order chi connectivity index (χ0) is 15.3. The van der Waals surface area contributed by atoms with Gasteiger partial charge in [0.15, 0.2) is 6.10 Å². The Morgan fingerprint density at radius 2 is 2.05 bits per heavy atom. The van der Waals surface area contributed by atoms with E-state index in [-0.39, 0.29) is 23.3 Å². The number of hydrogen-bond donors (Lipinski definition) is 2. The van der Waals surface area contributed by atoms with E-state index in [9.17, 15) is 14.3 Å². The molecule has 0 saturated heterocycles. The van der Waals surface area contributed by atoms with Gasteiger partial charge in [0.25, 0.3) is 5.91 Å². The van der Waals surface area contributed by atoms with Crippen LogP contribution < -0.4 is 10.1 Å². The zero-order valence-electron chi connectivity index (χ0n) is 12.3. The number of nitrogens with one attached hydrogen (secondary N) is 1. The number of hydrogen-bond acceptors (Lipinski definition) is 3. The molecule has 0 aliphatic rings. The predicted octanol–water partition coefficient (Wildman–Crippen LogP) is 2.56. The van der Waals surface area contributed by atoms with Crippen molar-refractivity contribution in [1.82, 2.24) is 5.32 Å². The van der Waals surface area contributed by atoms with E-state index in [0.717, 1.165) is 6.42 Å². The van der Waals surface area contributed by atoms with E-state index in [1.807, 2.05) is 13.8 Å². The third kappa shape index (κ3) is 4.49. The van der Waals surface area contributed by atoms with Crippen molar-refractivity contribution in [2.24, 2.45) is 0 Å². The Morgan fingerprint density at radius 1 is 1.40 bits per heavy atom. The third-order valence-electron chi connectivity index (χ3n) is 3.11. The molecule has 112 valence electrons. The van der Waals surface area contributed by atoms with Crippen LogP contribution in [0.3, 0.4) is 0 Å². The first-order valence-electron chi connectivity index (χ1n) is 6.79. The van der Waals surface area contributed by atoms with Crippen LogP contribution in [-0.4, -0.2) is 23.2 Å². The van der Waals surface area contributed by atoms with Gasteiger partial charge in [-0.25, -0.2) is 4.39 Å². The van der Waals surface area contributed by atoms with Gasteiger partial charge in [-0.1, -0.05) is 6.92 Å². The second-order valence-corrected chi connectivity index (χ2v) is 4.94. The number of aliphatic hydroxyl groups excluding tert-OH is 1. The van der Waals surface area contributed by atoms with Crippen LogP contribution in [0, 0.1) is 5.82 Å². The van der Waals surface area contributed by atoms with Gasteiger partial charge in [-0.3, -0.25) is 4.79 Å². The van der Waals surface area contributed by atoms with Crippen LogP contribution in [0.1, 0.15) is 45.8 Å². The van der Waals surface area contributed by atoms with E-state index in [1.54, 1.807) is 6.92 Å². The molecule has 0 aliphatic carbocycles. The van der Waals surface area contributed by atoms with Crippen molar-refractivity contribution < 1.29 is 19.0 Å². The van der Waals surface area contributed by atoms with E-state index in [4.69, 9.17) is 4.74 Å². The number of carbonyl (C=O) groups is 1. The van der Waals surface area contributed by atoms with Gasteiger partial charge in [0.05, 0.1) is 6.10 Å². The lowest BCUT2D eigenvalue weighted by atomic mass is 10.1. The highest BCUT2D eigenvalue weighted by Crippen LogP contribution is 2.22. The lowest BCUT2D eigenvalue weighted by molar-refractivity contribution is -0.127. The minimum absolute atomic E-state index is 0.0721. The first kappa shape index (κ1) is 16.4. The molecule has 0 heterocycles. The highest BCUT2D eigenvalue weighted by Gasteiger charge is 2.17. The molecule has 4 nitrogen and oxygen atoms in total. The first-order valence-corrected chi connectivity index (χ1v) is 6.79. The van der Waals surface area contributed by atoms with Crippen LogP contribution in [0.4, 0.5) is 4.39 Å². The molecule has 0 fully saturated rings. The number of halogens is 1. The highest BCUT2D eigenvalue weighted by atomic mass is 19.1. The molecule has 0 aliphatic heterocycles. The molecular formula is C15H22FNO3. The minimum atomic E-state index is -0.879. The Labute approximate surface area is 119 Å². The van der Waals surface area contributed by atoms with Crippen LogP contribution in [0.5, 0.6) is 5.75 Å². The van der Waals surface area contributed by atoms with Crippen LogP contribution >= 0.6 is 0 Å². The predicted molar refractivity (Wildman–Crippen MR) is 75.0 cm³/mol. The molecule has 1 amide bonds. The van der Waals surface area contributed by atoms with Gasteiger partial charge in [-0.2, -0.15) is 0 Å². The molecule has 0 bridgehead atoms. The molecule has 20 heavy (non-hydrogen) atoms. The maximum absolute atomic E-state index is 13.7. The lowest BCUT2D eigenvalue weighted by Crippen LogP contribution is -2.41. The van der Waals surface area contributed by atoms with Crippen molar-refractivity contribution in [3.8, 4) is 5.75 Å². The van der Waals surface area contributed by atoms with Gasteiger partial charge in [-0.05, 0) is 39.3 Å². The molecule has 5 heteroatoms. The van der Waals surface area contributed by atoms with E-state index >= 15 is 0 Å². The molecule has 2 N–H and O–H groups in total. The Balaban J connectivity index is 2.69. The number of ether oxygens (including phenoxy) is 1. The molecule has 0 saturated carbocycles. The van der Waals surface area contributed by atoms with Crippen LogP contribution in [-0.2, 0) is 4.79 Å². The van der Waals surface area contributed by atoms with Gasteiger partial charge >= 0.3 is 0 Å². The number of carbonyl (C=O) groups excluding carboxylic acids is 1. The summed E-state index contributed by atoms with van der Waals surface area (Å²) in [7, 11) is 0. The van der Waals surface area contributed by atoms with E-state index < -0.39 is 18.0 Å². The van der Waals surface area contributed by atoms with Crippen LogP contribution in [0.15, 0.2) is 18.2 Å². The van der Waals surface area contributed by atoms with Crippen molar-refractivity contribution in [2.75, 3.05) is 0 Å². The summed E-state index contributed by atoms with van der Waals surface area (Å²) in [5.41, 5.74) is 0.203. The highest BCUT2D eigenvalue weighted by molar-refractivity contribution is 5.80. The average Bonchev–Trinajstić information content (AvgIpc) is 2.37. The van der Waals surface area contributed by atoms with E-state index in [0.29, 0.717) is 0 Å². The second kappa shape index (κ2) is 7.24. The van der Waals surface area contributed by atoms with Crippen LogP contribution in [0.2, 0.25) is 0 Å². The van der Waals surface area contributed by atoms with Gasteiger partial charge in [0.2, 0.25) is 0 Å². The number of aliphatic hydroxyl groups is 1. The topological polar surface area (TPSA) is 58.6 Å². The summed E-state index contributed by atoms with van der Waals surface area (Å²) >= 11 is 0. The minimum Gasteiger partial charge on any atom is -0.481 e. The molecule has 1 aromatic carbocycles. The zero-order valence-corrected chi connectivity index (χ0v) is 12.3. The molecule has 1 rings (SSSR count). The summed E-state index contributed by atoms with van der Waals surface area (Å²) in [6, 6.07) is 4.24. The molecule has 0 radical (unpaired) electrons. The molecule has 0 spiro atoms.